The van der Waals surface area contributed by atoms with E-state index in [0.29, 0.717) is 37.8 Å². The van der Waals surface area contributed by atoms with Gasteiger partial charge in [-0.25, -0.2) is 19.9 Å². The number of amides is 1. The van der Waals surface area contributed by atoms with Crippen molar-refractivity contribution in [3.05, 3.63) is 61.2 Å². The lowest BCUT2D eigenvalue weighted by atomic mass is 10.1. The summed E-state index contributed by atoms with van der Waals surface area (Å²) in [7, 11) is 0. The van der Waals surface area contributed by atoms with E-state index in [1.165, 1.54) is 6.42 Å². The smallest absolute Gasteiger partial charge is 0.248 e. The van der Waals surface area contributed by atoms with Gasteiger partial charge in [-0.15, -0.1) is 0 Å². The highest BCUT2D eigenvalue weighted by Gasteiger charge is 2.25. The van der Waals surface area contributed by atoms with Gasteiger partial charge in [0.1, 0.15) is 17.8 Å². The van der Waals surface area contributed by atoms with Gasteiger partial charge in [0, 0.05) is 55.7 Å². The number of fused-ring (bicyclic) bond motifs is 1. The van der Waals surface area contributed by atoms with Crippen molar-refractivity contribution in [2.24, 2.45) is 0 Å². The van der Waals surface area contributed by atoms with Gasteiger partial charge in [0.25, 0.3) is 0 Å². The van der Waals surface area contributed by atoms with Crippen LogP contribution >= 0.6 is 0 Å². The summed E-state index contributed by atoms with van der Waals surface area (Å²) in [6.07, 6.45) is 8.33. The molecule has 4 aromatic rings. The second-order valence-corrected chi connectivity index (χ2v) is 11.7. The molecule has 3 aliphatic heterocycles. The van der Waals surface area contributed by atoms with E-state index in [-0.39, 0.29) is 11.9 Å². The highest BCUT2D eigenvalue weighted by Crippen LogP contribution is 2.30. The largest absolute Gasteiger partial charge is 0.378 e. The highest BCUT2D eigenvalue weighted by molar-refractivity contribution is 5.93. The van der Waals surface area contributed by atoms with Crippen molar-refractivity contribution in [2.45, 2.75) is 25.3 Å². The number of nitrogens with one attached hydrogen (secondary N) is 3. The fourth-order valence-corrected chi connectivity index (χ4v) is 6.00. The number of ether oxygens (including phenoxy) is 1. The zero-order valence-corrected chi connectivity index (χ0v) is 24.8. The van der Waals surface area contributed by atoms with Gasteiger partial charge >= 0.3 is 0 Å². The average Bonchev–Trinajstić information content (AvgIpc) is 3.49. The summed E-state index contributed by atoms with van der Waals surface area (Å²) >= 11 is 0. The fraction of sp³-hybridized carbons (Fsp3) is 0.406. The minimum Gasteiger partial charge on any atom is -0.378 e. The zero-order valence-electron chi connectivity index (χ0n) is 24.8. The van der Waals surface area contributed by atoms with Crippen molar-refractivity contribution >= 4 is 40.1 Å². The first-order chi connectivity index (χ1) is 21.6. The van der Waals surface area contributed by atoms with Crippen molar-refractivity contribution in [3.63, 3.8) is 0 Å². The van der Waals surface area contributed by atoms with Gasteiger partial charge < -0.3 is 30.2 Å². The summed E-state index contributed by atoms with van der Waals surface area (Å²) in [5.41, 5.74) is 5.26. The predicted molar refractivity (Wildman–Crippen MR) is 171 cm³/mol. The molecule has 1 amide bonds. The molecule has 7 rings (SSSR count). The van der Waals surface area contributed by atoms with Crippen molar-refractivity contribution in [3.8, 4) is 11.3 Å². The number of likely N-dealkylation sites (tertiary alicyclic amines) is 1. The van der Waals surface area contributed by atoms with Crippen LogP contribution in [0.4, 0.5) is 23.1 Å². The van der Waals surface area contributed by atoms with Gasteiger partial charge in [0.15, 0.2) is 0 Å². The third kappa shape index (κ3) is 6.22. The third-order valence-electron chi connectivity index (χ3n) is 8.56. The van der Waals surface area contributed by atoms with Gasteiger partial charge in [0.05, 0.1) is 36.7 Å². The quantitative estimate of drug-likeness (QED) is 0.248. The second kappa shape index (κ2) is 12.6. The van der Waals surface area contributed by atoms with Crippen molar-refractivity contribution < 1.29 is 9.53 Å². The summed E-state index contributed by atoms with van der Waals surface area (Å²) in [4.78, 5) is 41.0. The summed E-state index contributed by atoms with van der Waals surface area (Å²) in [6.45, 7) is 11.4. The number of aromatic nitrogens is 5. The van der Waals surface area contributed by atoms with Crippen LogP contribution in [0.5, 0.6) is 0 Å². The van der Waals surface area contributed by atoms with E-state index in [1.54, 1.807) is 18.7 Å². The lowest BCUT2D eigenvalue weighted by Gasteiger charge is -2.34. The molecule has 1 atom stereocenters. The van der Waals surface area contributed by atoms with Crippen molar-refractivity contribution in [1.82, 2.24) is 35.1 Å². The SMILES string of the molecule is C=C(CN1CCC1)C(=O)N[C@@H]1CCCN(c2ncc(Nc3ccc(-c4cc5c(N6CCOCC6)ncnc5[nH]4)cc3)cn2)C1. The van der Waals surface area contributed by atoms with Gasteiger partial charge in [-0.1, -0.05) is 18.7 Å². The Morgan fingerprint density at radius 3 is 2.50 bits per heavy atom. The van der Waals surface area contributed by atoms with Crippen LogP contribution in [0.1, 0.15) is 19.3 Å². The molecule has 0 unspecified atom stereocenters. The molecule has 0 radical (unpaired) electrons. The van der Waals surface area contributed by atoms with Crippen LogP contribution in [0, 0.1) is 0 Å². The molecular formula is C32H38N10O2. The normalized spacial score (nSPS) is 19.0. The molecule has 3 N–H and O–H groups in total. The molecule has 3 saturated heterocycles. The number of piperidine rings is 1. The maximum absolute atomic E-state index is 12.7. The minimum atomic E-state index is -0.0498. The highest BCUT2D eigenvalue weighted by atomic mass is 16.5. The molecule has 0 saturated carbocycles. The first-order valence-corrected chi connectivity index (χ1v) is 15.4. The maximum Gasteiger partial charge on any atom is 0.248 e. The molecule has 3 aromatic heterocycles. The molecule has 228 valence electrons. The maximum atomic E-state index is 12.7. The molecule has 6 heterocycles. The zero-order chi connectivity index (χ0) is 29.9. The molecule has 44 heavy (non-hydrogen) atoms. The number of aromatic amines is 1. The Kier molecular flexibility index (Phi) is 8.08. The minimum absolute atomic E-state index is 0.0498. The summed E-state index contributed by atoms with van der Waals surface area (Å²) in [5, 5.41) is 7.58. The lowest BCUT2D eigenvalue weighted by Crippen LogP contribution is -2.49. The van der Waals surface area contributed by atoms with Gasteiger partial charge in [0.2, 0.25) is 11.9 Å². The Balaban J connectivity index is 0.958. The first-order valence-electron chi connectivity index (χ1n) is 15.4. The van der Waals surface area contributed by atoms with Gasteiger partial charge in [-0.2, -0.15) is 0 Å². The number of morpholine rings is 1. The fourth-order valence-electron chi connectivity index (χ4n) is 6.00. The monoisotopic (exact) mass is 594 g/mol. The van der Waals surface area contributed by atoms with Crippen molar-refractivity contribution in [1.29, 1.82) is 0 Å². The number of hydrogen-bond donors (Lipinski definition) is 3. The van der Waals surface area contributed by atoms with Crippen LogP contribution in [-0.2, 0) is 9.53 Å². The Hall–Kier alpha value is -4.55. The number of hydrogen-bond acceptors (Lipinski definition) is 10. The number of carbonyl (C=O) groups is 1. The first kappa shape index (κ1) is 28.2. The summed E-state index contributed by atoms with van der Waals surface area (Å²) in [5.74, 6) is 1.56. The molecule has 12 nitrogen and oxygen atoms in total. The van der Waals surface area contributed by atoms with Crippen LogP contribution in [0.15, 0.2) is 61.2 Å². The summed E-state index contributed by atoms with van der Waals surface area (Å²) in [6, 6.07) is 10.4. The molecule has 3 fully saturated rings. The van der Waals surface area contributed by atoms with E-state index in [0.717, 1.165) is 85.0 Å². The van der Waals surface area contributed by atoms with Crippen LogP contribution in [0.2, 0.25) is 0 Å². The summed E-state index contributed by atoms with van der Waals surface area (Å²) < 4.78 is 5.51. The van der Waals surface area contributed by atoms with Crippen LogP contribution < -0.4 is 20.4 Å². The van der Waals surface area contributed by atoms with Crippen LogP contribution in [-0.4, -0.2) is 101 Å². The number of carbonyl (C=O) groups excluding carboxylic acids is 1. The van der Waals surface area contributed by atoms with E-state index in [1.807, 2.05) is 12.1 Å². The van der Waals surface area contributed by atoms with Crippen LogP contribution in [0.25, 0.3) is 22.3 Å². The van der Waals surface area contributed by atoms with Crippen LogP contribution in [0.3, 0.4) is 0 Å². The van der Waals surface area contributed by atoms with E-state index in [9.17, 15) is 4.79 Å². The molecule has 0 aliphatic carbocycles. The Morgan fingerprint density at radius 1 is 0.955 bits per heavy atom. The van der Waals surface area contributed by atoms with E-state index >= 15 is 0 Å². The Bertz CT molecular complexity index is 1610. The van der Waals surface area contributed by atoms with E-state index < -0.39 is 0 Å². The third-order valence-corrected chi connectivity index (χ3v) is 8.56. The number of benzene rings is 1. The molecule has 12 heteroatoms. The van der Waals surface area contributed by atoms with E-state index in [4.69, 9.17) is 4.74 Å². The van der Waals surface area contributed by atoms with E-state index in [2.05, 4.69) is 75.0 Å². The van der Waals surface area contributed by atoms with Crippen molar-refractivity contribution in [2.75, 3.05) is 74.1 Å². The Labute approximate surface area is 256 Å². The molecule has 0 bridgehead atoms. The molecule has 0 spiro atoms. The molecular weight excluding hydrogens is 556 g/mol. The molecule has 3 aliphatic rings. The number of anilines is 4. The number of rotatable bonds is 9. The Morgan fingerprint density at radius 2 is 1.75 bits per heavy atom. The number of H-pyrrole nitrogens is 1. The second-order valence-electron chi connectivity index (χ2n) is 11.7. The standard InChI is InChI=1S/C32H38N10O2/c1-22(19-40-9-3-10-40)31(43)38-25-4-2-11-42(20-25)32-33-17-26(18-34-32)37-24-7-5-23(6-8-24)28-16-27-29(39-28)35-21-36-30(27)41-12-14-44-15-13-41/h5-8,16-18,21,25,37H,1-4,9-15,19-20H2,(H,38,43)(H,35,36,39)/t25-/m1/s1. The average molecular weight is 595 g/mol. The van der Waals surface area contributed by atoms with Gasteiger partial charge in [-0.3, -0.25) is 9.69 Å². The lowest BCUT2D eigenvalue weighted by molar-refractivity contribution is -0.118. The number of nitrogens with zero attached hydrogens (tertiary/aromatic N) is 7. The topological polar surface area (TPSA) is 127 Å². The predicted octanol–water partition coefficient (Wildman–Crippen LogP) is 3.34. The molecule has 1 aromatic carbocycles. The van der Waals surface area contributed by atoms with Gasteiger partial charge in [-0.05, 0) is 56.1 Å².